The number of halogens is 1. The highest BCUT2D eigenvalue weighted by molar-refractivity contribution is 7.89. The van der Waals surface area contributed by atoms with E-state index in [-0.39, 0.29) is 29.7 Å². The first kappa shape index (κ1) is 33.4. The standard InChI is InChI=1S/C37H40ClN3O4S/c1-28-9-11-31(12-10-28)26-39-37(43)35(25-30-7-3-2-4-8-30)41(27-32-13-18-33(38)19-14-32)36(42)22-17-29-15-20-34(21-16-29)46(44,45)40-23-5-6-24-40/h2-4,7-16,18-21,35H,5-6,17,22-27H2,1H3,(H,39,43)/t35-/m1/s1. The third kappa shape index (κ3) is 8.84. The lowest BCUT2D eigenvalue weighted by Crippen LogP contribution is -2.50. The summed E-state index contributed by atoms with van der Waals surface area (Å²) in [5.74, 6) is -0.404. The highest BCUT2D eigenvalue weighted by atomic mass is 35.5. The van der Waals surface area contributed by atoms with E-state index in [0.717, 1.165) is 40.7 Å². The van der Waals surface area contributed by atoms with Gasteiger partial charge in [-0.1, -0.05) is 96.0 Å². The van der Waals surface area contributed by atoms with Crippen LogP contribution in [0.1, 0.15) is 47.1 Å². The quantitative estimate of drug-likeness (QED) is 0.182. The maximum atomic E-state index is 14.1. The van der Waals surface area contributed by atoms with Crippen LogP contribution in [0.5, 0.6) is 0 Å². The molecule has 5 rings (SSSR count). The van der Waals surface area contributed by atoms with Crippen LogP contribution >= 0.6 is 11.6 Å². The minimum absolute atomic E-state index is 0.155. The van der Waals surface area contributed by atoms with E-state index in [1.165, 1.54) is 4.31 Å². The van der Waals surface area contributed by atoms with Crippen LogP contribution in [0.2, 0.25) is 5.02 Å². The molecule has 4 aromatic rings. The summed E-state index contributed by atoms with van der Waals surface area (Å²) in [5, 5.41) is 3.66. The molecule has 2 amide bonds. The molecule has 1 fully saturated rings. The number of carbonyl (C=O) groups excluding carboxylic acids is 2. The number of sulfonamides is 1. The van der Waals surface area contributed by atoms with E-state index < -0.39 is 16.1 Å². The fraction of sp³-hybridized carbons (Fsp3) is 0.297. The van der Waals surface area contributed by atoms with Crippen LogP contribution in [0.3, 0.4) is 0 Å². The molecule has 7 nitrogen and oxygen atoms in total. The Morgan fingerprint density at radius 3 is 2.07 bits per heavy atom. The molecule has 1 aliphatic rings. The van der Waals surface area contributed by atoms with Gasteiger partial charge in [0.15, 0.2) is 0 Å². The van der Waals surface area contributed by atoms with E-state index >= 15 is 0 Å². The number of nitrogens with zero attached hydrogens (tertiary/aromatic N) is 2. The lowest BCUT2D eigenvalue weighted by molar-refractivity contribution is -0.141. The molecule has 1 heterocycles. The summed E-state index contributed by atoms with van der Waals surface area (Å²) in [5.41, 5.74) is 4.77. The van der Waals surface area contributed by atoms with Gasteiger partial charge in [0.05, 0.1) is 4.90 Å². The molecule has 1 atom stereocenters. The van der Waals surface area contributed by atoms with Gasteiger partial charge < -0.3 is 10.2 Å². The van der Waals surface area contributed by atoms with Gasteiger partial charge in [0.2, 0.25) is 21.8 Å². The van der Waals surface area contributed by atoms with Gasteiger partial charge in [-0.25, -0.2) is 8.42 Å². The van der Waals surface area contributed by atoms with Crippen molar-refractivity contribution >= 4 is 33.4 Å². The minimum atomic E-state index is -3.51. The van der Waals surface area contributed by atoms with Gasteiger partial charge in [0.1, 0.15) is 6.04 Å². The zero-order chi connectivity index (χ0) is 32.5. The van der Waals surface area contributed by atoms with Crippen molar-refractivity contribution in [3.63, 3.8) is 0 Å². The molecule has 0 unspecified atom stereocenters. The third-order valence-corrected chi connectivity index (χ3v) is 10.5. The summed E-state index contributed by atoms with van der Waals surface area (Å²) in [6.45, 7) is 3.69. The maximum Gasteiger partial charge on any atom is 0.243 e. The Morgan fingerprint density at radius 1 is 0.804 bits per heavy atom. The van der Waals surface area contributed by atoms with Crippen LogP contribution < -0.4 is 5.32 Å². The number of aryl methyl sites for hydroxylation is 2. The number of rotatable bonds is 13. The fourth-order valence-corrected chi connectivity index (χ4v) is 7.30. The van der Waals surface area contributed by atoms with Gasteiger partial charge in [0.25, 0.3) is 0 Å². The molecule has 1 N–H and O–H groups in total. The predicted molar refractivity (Wildman–Crippen MR) is 182 cm³/mol. The molecule has 0 saturated carbocycles. The van der Waals surface area contributed by atoms with Crippen molar-refractivity contribution in [1.82, 2.24) is 14.5 Å². The summed E-state index contributed by atoms with van der Waals surface area (Å²) in [6.07, 6.45) is 2.66. The molecule has 1 saturated heterocycles. The van der Waals surface area contributed by atoms with Crippen molar-refractivity contribution < 1.29 is 18.0 Å². The SMILES string of the molecule is Cc1ccc(CNC(=O)[C@@H](Cc2ccccc2)N(Cc2ccc(Cl)cc2)C(=O)CCc2ccc(S(=O)(=O)N3CCCC3)cc2)cc1. The van der Waals surface area contributed by atoms with E-state index in [2.05, 4.69) is 5.32 Å². The molecule has 0 radical (unpaired) electrons. The molecule has 0 aromatic heterocycles. The first-order valence-electron chi connectivity index (χ1n) is 15.7. The van der Waals surface area contributed by atoms with Crippen LogP contribution in [0, 0.1) is 6.92 Å². The number of hydrogen-bond donors (Lipinski definition) is 1. The van der Waals surface area contributed by atoms with Crippen molar-refractivity contribution in [3.8, 4) is 0 Å². The predicted octanol–water partition coefficient (Wildman–Crippen LogP) is 6.32. The summed E-state index contributed by atoms with van der Waals surface area (Å²) in [6, 6.07) is 31.0. The third-order valence-electron chi connectivity index (χ3n) is 8.38. The van der Waals surface area contributed by atoms with Gasteiger partial charge in [-0.2, -0.15) is 4.31 Å². The number of benzene rings is 4. The Hall–Kier alpha value is -3.98. The minimum Gasteiger partial charge on any atom is -0.350 e. The van der Waals surface area contributed by atoms with Crippen molar-refractivity contribution in [2.24, 2.45) is 0 Å². The first-order valence-corrected chi connectivity index (χ1v) is 17.5. The second kappa shape index (κ2) is 15.5. The van der Waals surface area contributed by atoms with Crippen LogP contribution in [0.15, 0.2) is 108 Å². The Kier molecular flexibility index (Phi) is 11.3. The summed E-state index contributed by atoms with van der Waals surface area (Å²) in [4.78, 5) is 29.9. The molecular weight excluding hydrogens is 618 g/mol. The van der Waals surface area contributed by atoms with Crippen molar-refractivity contribution in [3.05, 3.63) is 136 Å². The van der Waals surface area contributed by atoms with Crippen molar-refractivity contribution in [1.29, 1.82) is 0 Å². The molecule has 4 aromatic carbocycles. The Morgan fingerprint density at radius 2 is 1.41 bits per heavy atom. The molecule has 0 aliphatic carbocycles. The number of nitrogens with one attached hydrogen (secondary N) is 1. The fourth-order valence-electron chi connectivity index (χ4n) is 5.65. The van der Waals surface area contributed by atoms with E-state index in [4.69, 9.17) is 11.6 Å². The van der Waals surface area contributed by atoms with Gasteiger partial charge in [-0.15, -0.1) is 0 Å². The maximum absolute atomic E-state index is 14.1. The topological polar surface area (TPSA) is 86.8 Å². The first-order chi connectivity index (χ1) is 22.2. The van der Waals surface area contributed by atoms with Crippen molar-refractivity contribution in [2.45, 2.75) is 63.1 Å². The van der Waals surface area contributed by atoms with Crippen LogP contribution in [-0.4, -0.2) is 48.6 Å². The van der Waals surface area contributed by atoms with E-state index in [1.54, 1.807) is 41.3 Å². The zero-order valence-electron chi connectivity index (χ0n) is 26.1. The highest BCUT2D eigenvalue weighted by Gasteiger charge is 2.31. The Labute approximate surface area is 277 Å². The van der Waals surface area contributed by atoms with Gasteiger partial charge in [-0.3, -0.25) is 9.59 Å². The lowest BCUT2D eigenvalue weighted by Gasteiger charge is -2.32. The molecule has 9 heteroatoms. The van der Waals surface area contributed by atoms with Gasteiger partial charge in [-0.05, 0) is 72.7 Å². The summed E-state index contributed by atoms with van der Waals surface area (Å²) < 4.78 is 27.4. The summed E-state index contributed by atoms with van der Waals surface area (Å²) in [7, 11) is -3.51. The van der Waals surface area contributed by atoms with E-state index in [9.17, 15) is 18.0 Å². The van der Waals surface area contributed by atoms with Crippen LogP contribution in [0.25, 0.3) is 0 Å². The molecule has 46 heavy (non-hydrogen) atoms. The Bertz CT molecular complexity index is 1710. The van der Waals surface area contributed by atoms with E-state index in [0.29, 0.717) is 37.5 Å². The number of carbonyl (C=O) groups is 2. The van der Waals surface area contributed by atoms with Crippen LogP contribution in [0.4, 0.5) is 0 Å². The van der Waals surface area contributed by atoms with Crippen molar-refractivity contribution in [2.75, 3.05) is 13.1 Å². The van der Waals surface area contributed by atoms with Gasteiger partial charge >= 0.3 is 0 Å². The lowest BCUT2D eigenvalue weighted by atomic mass is 10.0. The monoisotopic (exact) mass is 657 g/mol. The molecule has 240 valence electrons. The summed E-state index contributed by atoms with van der Waals surface area (Å²) >= 11 is 6.15. The number of hydrogen-bond acceptors (Lipinski definition) is 4. The second-order valence-electron chi connectivity index (χ2n) is 11.8. The average Bonchev–Trinajstić information content (AvgIpc) is 3.63. The Balaban J connectivity index is 1.36. The second-order valence-corrected chi connectivity index (χ2v) is 14.2. The molecular formula is C37H40ClN3O4S. The van der Waals surface area contributed by atoms with Crippen LogP contribution in [-0.2, 0) is 45.5 Å². The normalized spacial score (nSPS) is 14.1. The molecule has 0 spiro atoms. The van der Waals surface area contributed by atoms with Gasteiger partial charge in [0, 0.05) is 44.0 Å². The zero-order valence-corrected chi connectivity index (χ0v) is 27.6. The average molecular weight is 658 g/mol. The highest BCUT2D eigenvalue weighted by Crippen LogP contribution is 2.23. The van der Waals surface area contributed by atoms with E-state index in [1.807, 2.05) is 73.7 Å². The largest absolute Gasteiger partial charge is 0.350 e. The molecule has 0 bridgehead atoms. The number of amides is 2. The smallest absolute Gasteiger partial charge is 0.243 e. The molecule has 1 aliphatic heterocycles.